The van der Waals surface area contributed by atoms with Crippen LogP contribution >= 0.6 is 24.2 Å². The quantitative estimate of drug-likeness (QED) is 0.630. The molecule has 0 bridgehead atoms. The van der Waals surface area contributed by atoms with Crippen molar-refractivity contribution in [3.8, 4) is 0 Å². The maximum Gasteiger partial charge on any atom is 0.267 e. The van der Waals surface area contributed by atoms with E-state index in [9.17, 15) is 13.2 Å². The van der Waals surface area contributed by atoms with Crippen molar-refractivity contribution in [2.24, 2.45) is 5.73 Å². The molecule has 144 valence electrons. The van der Waals surface area contributed by atoms with Gasteiger partial charge in [0, 0.05) is 42.9 Å². The van der Waals surface area contributed by atoms with Gasteiger partial charge in [-0.05, 0) is 18.9 Å². The van der Waals surface area contributed by atoms with Crippen LogP contribution in [-0.4, -0.2) is 60.3 Å². The molecule has 1 aliphatic rings. The van der Waals surface area contributed by atoms with Gasteiger partial charge in [-0.15, -0.1) is 12.4 Å². The van der Waals surface area contributed by atoms with E-state index in [4.69, 9.17) is 5.73 Å². The van der Waals surface area contributed by atoms with Crippen molar-refractivity contribution < 1.29 is 13.2 Å². The molecule has 0 aromatic carbocycles. The molecule has 1 amide bonds. The number of carbonyl (C=O) groups is 1. The van der Waals surface area contributed by atoms with Gasteiger partial charge >= 0.3 is 0 Å². The molecule has 2 rings (SSSR count). The van der Waals surface area contributed by atoms with Gasteiger partial charge in [0.15, 0.2) is 0 Å². The van der Waals surface area contributed by atoms with Crippen LogP contribution in [0.4, 0.5) is 0 Å². The Morgan fingerprint density at radius 3 is 2.52 bits per heavy atom. The fraction of sp³-hybridized carbons (Fsp3) is 0.667. The minimum Gasteiger partial charge on any atom is -0.356 e. The maximum atomic E-state index is 12.6. The number of H-pyrrole nitrogens is 1. The molecule has 10 heteroatoms. The fourth-order valence-electron chi connectivity index (χ4n) is 2.44. The first-order chi connectivity index (χ1) is 11.3. The molecule has 25 heavy (non-hydrogen) atoms. The van der Waals surface area contributed by atoms with Crippen LogP contribution in [0.25, 0.3) is 0 Å². The largest absolute Gasteiger partial charge is 0.356 e. The van der Waals surface area contributed by atoms with E-state index in [0.29, 0.717) is 19.6 Å². The molecule has 0 atom stereocenters. The Labute approximate surface area is 159 Å². The third-order valence-corrected chi connectivity index (χ3v) is 7.34. The monoisotopic (exact) mass is 410 g/mol. The van der Waals surface area contributed by atoms with Crippen molar-refractivity contribution in [3.63, 3.8) is 0 Å². The van der Waals surface area contributed by atoms with Gasteiger partial charge in [-0.2, -0.15) is 16.1 Å². The van der Waals surface area contributed by atoms with Crippen molar-refractivity contribution in [1.82, 2.24) is 14.6 Å². The number of nitrogens with zero attached hydrogens (tertiary/aromatic N) is 1. The van der Waals surface area contributed by atoms with Gasteiger partial charge in [0.05, 0.1) is 0 Å². The number of carbonyl (C=O) groups excluding carboxylic acids is 1. The predicted octanol–water partition coefficient (Wildman–Crippen LogP) is 1.42. The number of nitrogens with two attached hydrogens (primary N) is 1. The molecule has 4 N–H and O–H groups in total. The Balaban J connectivity index is 0.00000312. The Morgan fingerprint density at radius 2 is 1.96 bits per heavy atom. The van der Waals surface area contributed by atoms with Gasteiger partial charge in [-0.3, -0.25) is 4.79 Å². The highest BCUT2D eigenvalue weighted by Crippen LogP contribution is 2.21. The van der Waals surface area contributed by atoms with Crippen LogP contribution < -0.4 is 11.1 Å². The number of aromatic amines is 1. The Bertz CT molecular complexity index is 668. The number of aromatic nitrogens is 1. The summed E-state index contributed by atoms with van der Waals surface area (Å²) in [5.74, 6) is 1.25. The smallest absolute Gasteiger partial charge is 0.267 e. The molecule has 1 aromatic heterocycles. The van der Waals surface area contributed by atoms with E-state index in [1.807, 2.05) is 13.8 Å². The number of sulfonamides is 1. The number of thioether (sulfide) groups is 1. The number of hydrogen-bond donors (Lipinski definition) is 3. The summed E-state index contributed by atoms with van der Waals surface area (Å²) in [5, 5.41) is 2.78. The van der Waals surface area contributed by atoms with Gasteiger partial charge in [-0.1, -0.05) is 13.8 Å². The van der Waals surface area contributed by atoms with Gasteiger partial charge in [-0.25, -0.2) is 8.42 Å². The second kappa shape index (κ2) is 9.27. The van der Waals surface area contributed by atoms with E-state index in [0.717, 1.165) is 24.3 Å². The molecule has 1 fully saturated rings. The number of amides is 1. The first kappa shape index (κ1) is 22.3. The summed E-state index contributed by atoms with van der Waals surface area (Å²) in [5.41, 5.74) is 5.95. The molecule has 7 nitrogen and oxygen atoms in total. The van der Waals surface area contributed by atoms with Crippen LogP contribution in [-0.2, 0) is 10.0 Å². The van der Waals surface area contributed by atoms with Crippen LogP contribution in [0.15, 0.2) is 17.2 Å². The summed E-state index contributed by atoms with van der Waals surface area (Å²) in [6.45, 7) is 5.31. The zero-order chi connectivity index (χ0) is 17.8. The second-order valence-electron chi connectivity index (χ2n) is 6.02. The molecule has 1 aromatic rings. The first-order valence-corrected chi connectivity index (χ1v) is 10.8. The summed E-state index contributed by atoms with van der Waals surface area (Å²) in [4.78, 5) is 15.1. The van der Waals surface area contributed by atoms with E-state index < -0.39 is 15.6 Å². The summed E-state index contributed by atoms with van der Waals surface area (Å²) in [7, 11) is -3.54. The molecule has 0 radical (unpaired) electrons. The number of halogens is 1. The third-order valence-electron chi connectivity index (χ3n) is 4.52. The Morgan fingerprint density at radius 1 is 1.36 bits per heavy atom. The normalized spacial score (nSPS) is 16.3. The number of hydrogen-bond acceptors (Lipinski definition) is 5. The summed E-state index contributed by atoms with van der Waals surface area (Å²) >= 11 is 1.74. The van der Waals surface area contributed by atoms with Crippen molar-refractivity contribution >= 4 is 40.1 Å². The van der Waals surface area contributed by atoms with Crippen LogP contribution in [0.1, 0.15) is 37.2 Å². The van der Waals surface area contributed by atoms with E-state index in [1.54, 1.807) is 11.8 Å². The highest BCUT2D eigenvalue weighted by molar-refractivity contribution is 7.99. The van der Waals surface area contributed by atoms with E-state index in [2.05, 4.69) is 10.3 Å². The van der Waals surface area contributed by atoms with E-state index in [-0.39, 0.29) is 28.9 Å². The highest BCUT2D eigenvalue weighted by Gasteiger charge is 2.28. The number of rotatable bonds is 7. The SMILES string of the molecule is CCC(N)(CC)CNC(=O)c1cc(S(=O)(=O)N2CCSCC2)c[nH]1.Cl. The van der Waals surface area contributed by atoms with Gasteiger partial charge in [0.1, 0.15) is 10.6 Å². The lowest BCUT2D eigenvalue weighted by molar-refractivity contribution is 0.0937. The fourth-order valence-corrected chi connectivity index (χ4v) is 5.01. The van der Waals surface area contributed by atoms with Crippen LogP contribution in [0, 0.1) is 0 Å². The highest BCUT2D eigenvalue weighted by atomic mass is 35.5. The lowest BCUT2D eigenvalue weighted by atomic mass is 9.94. The molecular weight excluding hydrogens is 384 g/mol. The molecular formula is C15H27ClN4O3S2. The topological polar surface area (TPSA) is 108 Å². The molecule has 1 saturated heterocycles. The lowest BCUT2D eigenvalue weighted by Crippen LogP contribution is -2.49. The minimum atomic E-state index is -3.54. The number of nitrogens with one attached hydrogen (secondary N) is 2. The molecule has 0 unspecified atom stereocenters. The maximum absolute atomic E-state index is 12.6. The van der Waals surface area contributed by atoms with Gasteiger partial charge in [0.25, 0.3) is 5.91 Å². The lowest BCUT2D eigenvalue weighted by Gasteiger charge is -2.26. The molecule has 0 saturated carbocycles. The Hall–Kier alpha value is -0.740. The van der Waals surface area contributed by atoms with Gasteiger partial charge in [0.2, 0.25) is 10.0 Å². The van der Waals surface area contributed by atoms with Crippen LogP contribution in [0.3, 0.4) is 0 Å². The molecule has 1 aliphatic heterocycles. The standard InChI is InChI=1S/C15H26N4O3S2.ClH/c1-3-15(16,4-2)11-18-14(20)13-9-12(10-17-13)24(21,22)19-5-7-23-8-6-19;/h9-10,17H,3-8,11,16H2,1-2H3,(H,18,20);1H. The zero-order valence-electron chi connectivity index (χ0n) is 14.6. The van der Waals surface area contributed by atoms with Crippen LogP contribution in [0.2, 0.25) is 0 Å². The average Bonchev–Trinajstić information content (AvgIpc) is 3.11. The predicted molar refractivity (Wildman–Crippen MR) is 104 cm³/mol. The van der Waals surface area contributed by atoms with Crippen LogP contribution in [0.5, 0.6) is 0 Å². The summed E-state index contributed by atoms with van der Waals surface area (Å²) < 4.78 is 26.6. The molecule has 0 spiro atoms. The van der Waals surface area contributed by atoms with Crippen molar-refractivity contribution in [2.45, 2.75) is 37.1 Å². The molecule has 0 aliphatic carbocycles. The van der Waals surface area contributed by atoms with Crippen molar-refractivity contribution in [1.29, 1.82) is 0 Å². The van der Waals surface area contributed by atoms with Crippen molar-refractivity contribution in [3.05, 3.63) is 18.0 Å². The molecule has 2 heterocycles. The summed E-state index contributed by atoms with van der Waals surface area (Å²) in [6, 6.07) is 1.39. The summed E-state index contributed by atoms with van der Waals surface area (Å²) in [6.07, 6.45) is 2.88. The van der Waals surface area contributed by atoms with Crippen molar-refractivity contribution in [2.75, 3.05) is 31.1 Å². The zero-order valence-corrected chi connectivity index (χ0v) is 17.0. The van der Waals surface area contributed by atoms with Gasteiger partial charge < -0.3 is 16.0 Å². The van der Waals surface area contributed by atoms with E-state index >= 15 is 0 Å². The second-order valence-corrected chi connectivity index (χ2v) is 9.18. The minimum absolute atomic E-state index is 0. The first-order valence-electron chi connectivity index (χ1n) is 8.16. The average molecular weight is 411 g/mol. The van der Waals surface area contributed by atoms with E-state index in [1.165, 1.54) is 16.6 Å². The Kier molecular flexibility index (Phi) is 8.27. The third kappa shape index (κ3) is 5.37.